The Morgan fingerprint density at radius 1 is 1.02 bits per heavy atom. The van der Waals surface area contributed by atoms with Crippen LogP contribution in [0.5, 0.6) is 5.75 Å². The number of phenols is 1. The zero-order chi connectivity index (χ0) is 32.7. The number of carbonyl (C=O) groups excluding carboxylic acids is 3. The van der Waals surface area contributed by atoms with E-state index in [2.05, 4.69) is 0 Å². The van der Waals surface area contributed by atoms with E-state index in [0.717, 1.165) is 5.56 Å². The summed E-state index contributed by atoms with van der Waals surface area (Å²) in [5.41, 5.74) is 2.93. The first-order valence-electron chi connectivity index (χ1n) is 14.1. The first-order valence-corrected chi connectivity index (χ1v) is 14.1. The number of primary amides is 1. The van der Waals surface area contributed by atoms with Gasteiger partial charge in [0, 0.05) is 46.5 Å². The van der Waals surface area contributed by atoms with Crippen molar-refractivity contribution in [3.63, 3.8) is 0 Å². The van der Waals surface area contributed by atoms with E-state index >= 15 is 0 Å². The molecule has 3 aliphatic carbocycles. The number of ketones is 2. The number of hydrogen-bond acceptors (Lipinski definition) is 13. The summed E-state index contributed by atoms with van der Waals surface area (Å²) >= 11 is 0. The highest BCUT2D eigenvalue weighted by Gasteiger charge is 2.64. The Balaban J connectivity index is 1.83. The molecule has 0 aliphatic heterocycles. The SMILES string of the molecule is COC(CN(Cc1ccc(O)c2c1CC1CC3C(N(C)C)C(=O)C(C(N)=O)=C(O)C3(O)C(=O)C1=C2O)CC(OC)OC)OC. The quantitative estimate of drug-likeness (QED) is 0.155. The number of aliphatic hydroxyl groups excluding tert-OH is 2. The minimum atomic E-state index is -2.70. The first-order chi connectivity index (χ1) is 20.8. The first kappa shape index (κ1) is 33.5. The van der Waals surface area contributed by atoms with Gasteiger partial charge in [0.05, 0.1) is 24.7 Å². The van der Waals surface area contributed by atoms with Crippen LogP contribution < -0.4 is 5.73 Å². The van der Waals surface area contributed by atoms with Gasteiger partial charge in [-0.2, -0.15) is 0 Å². The number of carbonyl (C=O) groups is 3. The van der Waals surface area contributed by atoms with Crippen molar-refractivity contribution in [2.75, 3.05) is 55.6 Å². The lowest BCUT2D eigenvalue weighted by atomic mass is 9.57. The lowest BCUT2D eigenvalue weighted by Crippen LogP contribution is -2.65. The summed E-state index contributed by atoms with van der Waals surface area (Å²) in [6.07, 6.45) is -0.996. The fourth-order valence-electron chi connectivity index (χ4n) is 6.81. The third kappa shape index (κ3) is 5.51. The molecule has 1 aromatic carbocycles. The molecule has 0 bridgehead atoms. The van der Waals surface area contributed by atoms with E-state index in [1.54, 1.807) is 20.2 Å². The molecule has 4 atom stereocenters. The second-order valence-electron chi connectivity index (χ2n) is 11.6. The molecule has 0 saturated heterocycles. The predicted octanol–water partition coefficient (Wildman–Crippen LogP) is 0.00380. The Morgan fingerprint density at radius 3 is 2.09 bits per heavy atom. The minimum Gasteiger partial charge on any atom is -0.508 e. The maximum atomic E-state index is 14.0. The monoisotopic (exact) mass is 619 g/mol. The second kappa shape index (κ2) is 12.9. The van der Waals surface area contributed by atoms with Gasteiger partial charge in [-0.15, -0.1) is 0 Å². The molecule has 0 radical (unpaired) electrons. The third-order valence-corrected chi connectivity index (χ3v) is 8.96. The zero-order valence-corrected chi connectivity index (χ0v) is 25.7. The Hall–Kier alpha value is -3.37. The van der Waals surface area contributed by atoms with Crippen LogP contribution in [-0.4, -0.2) is 128 Å². The molecule has 0 spiro atoms. The molecule has 1 fully saturated rings. The second-order valence-corrected chi connectivity index (χ2v) is 11.6. The highest BCUT2D eigenvalue weighted by atomic mass is 16.7. The fourth-order valence-corrected chi connectivity index (χ4v) is 6.81. The Bertz CT molecular complexity index is 1370. The molecule has 242 valence electrons. The summed E-state index contributed by atoms with van der Waals surface area (Å²) in [5.74, 6) is -6.97. The van der Waals surface area contributed by atoms with Crippen molar-refractivity contribution < 1.29 is 53.8 Å². The van der Waals surface area contributed by atoms with Gasteiger partial charge in [0.15, 0.2) is 24.0 Å². The highest BCUT2D eigenvalue weighted by Crippen LogP contribution is 2.53. The van der Waals surface area contributed by atoms with Gasteiger partial charge in [-0.1, -0.05) is 6.07 Å². The number of aromatic hydroxyl groups is 1. The van der Waals surface area contributed by atoms with Crippen LogP contribution in [0.25, 0.3) is 5.76 Å². The number of phenolic OH excluding ortho intramolecular Hbond substituents is 1. The van der Waals surface area contributed by atoms with E-state index in [9.17, 15) is 34.8 Å². The van der Waals surface area contributed by atoms with E-state index in [4.69, 9.17) is 24.7 Å². The van der Waals surface area contributed by atoms with Crippen LogP contribution in [0.4, 0.5) is 0 Å². The van der Waals surface area contributed by atoms with Crippen LogP contribution in [0.15, 0.2) is 29.0 Å². The number of fused-ring (bicyclic) bond motifs is 3. The lowest BCUT2D eigenvalue weighted by molar-refractivity contribution is -0.153. The van der Waals surface area contributed by atoms with Gasteiger partial charge in [0.25, 0.3) is 5.91 Å². The number of likely N-dealkylation sites (N-methyl/N-ethyl adjacent to an activating group) is 1. The van der Waals surface area contributed by atoms with Crippen LogP contribution in [0.3, 0.4) is 0 Å². The van der Waals surface area contributed by atoms with Crippen LogP contribution in [0, 0.1) is 11.8 Å². The molecule has 6 N–H and O–H groups in total. The minimum absolute atomic E-state index is 0.00454. The van der Waals surface area contributed by atoms with E-state index in [1.165, 1.54) is 39.4 Å². The summed E-state index contributed by atoms with van der Waals surface area (Å²) in [6.45, 7) is 0.919. The molecular weight excluding hydrogens is 578 g/mol. The molecule has 4 rings (SSSR count). The van der Waals surface area contributed by atoms with Gasteiger partial charge in [-0.05, 0) is 50.0 Å². The molecule has 3 aliphatic rings. The summed E-state index contributed by atoms with van der Waals surface area (Å²) in [6, 6.07) is 1.95. The molecule has 0 heterocycles. The van der Waals surface area contributed by atoms with Crippen LogP contribution in [0.1, 0.15) is 23.1 Å². The standard InChI is InChI=1S/C30H41N3O11/c1-32(2)24-17-10-15-9-16-14(11-33(12-19(41-3)42-4)13-20(43-5)44-6)7-8-18(34)22(16)25(35)21(15)27(37)30(17,40)28(38)23(26(24)36)29(31)39/h7-8,15,17,19-20,24,34-35,38,40H,9-13H2,1-6H3,(H2,31,39). The predicted molar refractivity (Wildman–Crippen MR) is 155 cm³/mol. The molecule has 1 saturated carbocycles. The number of ether oxygens (including phenoxy) is 4. The third-order valence-electron chi connectivity index (χ3n) is 8.96. The van der Waals surface area contributed by atoms with Gasteiger partial charge in [-0.25, -0.2) is 0 Å². The van der Waals surface area contributed by atoms with Crippen molar-refractivity contribution >= 4 is 23.2 Å². The van der Waals surface area contributed by atoms with Crippen molar-refractivity contribution in [2.45, 2.75) is 43.6 Å². The summed E-state index contributed by atoms with van der Waals surface area (Å²) in [7, 11) is 9.17. The topological polar surface area (TPSA) is 202 Å². The number of aliphatic hydroxyl groups is 3. The smallest absolute Gasteiger partial charge is 0.255 e. The number of rotatable bonds is 12. The maximum Gasteiger partial charge on any atom is 0.255 e. The molecule has 14 heteroatoms. The van der Waals surface area contributed by atoms with Crippen molar-refractivity contribution in [2.24, 2.45) is 17.6 Å². The van der Waals surface area contributed by atoms with Gasteiger partial charge in [0.1, 0.15) is 22.8 Å². The molecule has 1 amide bonds. The molecular formula is C30H41N3O11. The molecule has 0 aromatic heterocycles. The van der Waals surface area contributed by atoms with Gasteiger partial charge in [0.2, 0.25) is 5.78 Å². The van der Waals surface area contributed by atoms with Crippen molar-refractivity contribution in [3.05, 3.63) is 45.7 Å². The van der Waals surface area contributed by atoms with E-state index < -0.39 is 70.6 Å². The summed E-state index contributed by atoms with van der Waals surface area (Å²) in [4.78, 5) is 43.0. The number of Topliss-reactive ketones (excluding diaryl/α,β-unsaturated/α-hetero) is 2. The summed E-state index contributed by atoms with van der Waals surface area (Å²) < 4.78 is 21.6. The average Bonchev–Trinajstić information content (AvgIpc) is 2.97. The van der Waals surface area contributed by atoms with Crippen LogP contribution in [-0.2, 0) is 46.3 Å². The number of hydrogen-bond donors (Lipinski definition) is 5. The van der Waals surface area contributed by atoms with Crippen molar-refractivity contribution in [3.8, 4) is 5.75 Å². The Kier molecular flexibility index (Phi) is 9.85. The number of amides is 1. The van der Waals surface area contributed by atoms with Crippen molar-refractivity contribution in [1.29, 1.82) is 0 Å². The van der Waals surface area contributed by atoms with Crippen LogP contribution in [0.2, 0.25) is 0 Å². The molecule has 14 nitrogen and oxygen atoms in total. The largest absolute Gasteiger partial charge is 0.508 e. The molecule has 1 aromatic rings. The Labute approximate surface area is 255 Å². The maximum absolute atomic E-state index is 14.0. The van der Waals surface area contributed by atoms with Gasteiger partial charge in [-0.3, -0.25) is 24.2 Å². The molecule has 4 unspecified atom stereocenters. The average molecular weight is 620 g/mol. The van der Waals surface area contributed by atoms with E-state index in [0.29, 0.717) is 18.7 Å². The van der Waals surface area contributed by atoms with Crippen LogP contribution >= 0.6 is 0 Å². The lowest BCUT2D eigenvalue weighted by Gasteiger charge is -2.50. The van der Waals surface area contributed by atoms with Gasteiger partial charge >= 0.3 is 0 Å². The van der Waals surface area contributed by atoms with E-state index in [-0.39, 0.29) is 36.3 Å². The molecule has 44 heavy (non-hydrogen) atoms. The number of nitrogens with zero attached hydrogens (tertiary/aromatic N) is 2. The number of benzene rings is 1. The number of nitrogens with two attached hydrogens (primary N) is 1. The zero-order valence-electron chi connectivity index (χ0n) is 25.7. The summed E-state index contributed by atoms with van der Waals surface area (Å²) in [5, 5.41) is 45.2. The normalized spacial score (nSPS) is 25.3. The van der Waals surface area contributed by atoms with E-state index in [1.807, 2.05) is 4.90 Å². The van der Waals surface area contributed by atoms with Crippen molar-refractivity contribution in [1.82, 2.24) is 9.80 Å². The number of methoxy groups -OCH3 is 4. The fraction of sp³-hybridized carbons (Fsp3) is 0.567. The van der Waals surface area contributed by atoms with Gasteiger partial charge < -0.3 is 45.1 Å². The Morgan fingerprint density at radius 2 is 1.59 bits per heavy atom. The highest BCUT2D eigenvalue weighted by molar-refractivity contribution is 6.24.